The largest absolute Gasteiger partial charge is 0.395 e. The van der Waals surface area contributed by atoms with E-state index < -0.39 is 16.1 Å². The number of hydrogen-bond acceptors (Lipinski definition) is 5. The molecule has 0 saturated carbocycles. The third-order valence-electron chi connectivity index (χ3n) is 3.65. The van der Waals surface area contributed by atoms with Crippen LogP contribution < -0.4 is 10.0 Å². The molecule has 3 N–H and O–H groups in total. The van der Waals surface area contributed by atoms with Gasteiger partial charge in [-0.1, -0.05) is 48.9 Å². The fourth-order valence-electron chi connectivity index (χ4n) is 2.36. The maximum Gasteiger partial charge on any atom is 0.250 e. The van der Waals surface area contributed by atoms with E-state index in [1.165, 1.54) is 6.07 Å². The van der Waals surface area contributed by atoms with Crippen LogP contribution in [-0.4, -0.2) is 32.2 Å². The number of nitrogens with one attached hydrogen (secondary N) is 2. The highest BCUT2D eigenvalue weighted by atomic mass is 35.5. The Morgan fingerprint density at radius 1 is 1.17 bits per heavy atom. The van der Waals surface area contributed by atoms with Crippen molar-refractivity contribution in [1.82, 2.24) is 10.0 Å². The minimum Gasteiger partial charge on any atom is -0.395 e. The standard InChI is InChI=1S/C16H21ClN2O3S2/c1-2-13(18-10-12-6-4-3-5-7-12)14(11-20)19-24(21,22)16-9-8-15(17)23-16/h3-9,13-14,18-20H,2,10-11H2,1H3. The Balaban J connectivity index is 2.04. The van der Waals surface area contributed by atoms with Crippen molar-refractivity contribution < 1.29 is 13.5 Å². The highest BCUT2D eigenvalue weighted by molar-refractivity contribution is 7.91. The van der Waals surface area contributed by atoms with E-state index in [-0.39, 0.29) is 16.9 Å². The van der Waals surface area contributed by atoms with Gasteiger partial charge in [0.05, 0.1) is 17.0 Å². The van der Waals surface area contributed by atoms with Gasteiger partial charge >= 0.3 is 0 Å². The van der Waals surface area contributed by atoms with Crippen molar-refractivity contribution in [2.24, 2.45) is 0 Å². The van der Waals surface area contributed by atoms with Gasteiger partial charge in [-0.3, -0.25) is 0 Å². The lowest BCUT2D eigenvalue weighted by molar-refractivity contribution is 0.222. The summed E-state index contributed by atoms with van der Waals surface area (Å²) in [7, 11) is -3.70. The first-order chi connectivity index (χ1) is 11.5. The van der Waals surface area contributed by atoms with Crippen LogP contribution in [0.15, 0.2) is 46.7 Å². The van der Waals surface area contributed by atoms with Gasteiger partial charge in [0.1, 0.15) is 4.21 Å². The molecule has 0 aliphatic carbocycles. The summed E-state index contributed by atoms with van der Waals surface area (Å²) >= 11 is 6.80. The molecule has 1 heterocycles. The number of sulfonamides is 1. The molecule has 5 nitrogen and oxygen atoms in total. The number of benzene rings is 1. The van der Waals surface area contributed by atoms with Gasteiger partial charge in [-0.2, -0.15) is 0 Å². The summed E-state index contributed by atoms with van der Waals surface area (Å²) in [5, 5.41) is 13.0. The van der Waals surface area contributed by atoms with E-state index in [1.807, 2.05) is 37.3 Å². The highest BCUT2D eigenvalue weighted by Crippen LogP contribution is 2.25. The molecule has 1 aromatic heterocycles. The van der Waals surface area contributed by atoms with Gasteiger partial charge in [0.15, 0.2) is 0 Å². The first kappa shape index (κ1) is 19.4. The van der Waals surface area contributed by atoms with Crippen LogP contribution in [0.5, 0.6) is 0 Å². The van der Waals surface area contributed by atoms with Crippen molar-refractivity contribution in [2.75, 3.05) is 6.61 Å². The van der Waals surface area contributed by atoms with Gasteiger partial charge in [-0.25, -0.2) is 13.1 Å². The zero-order chi connectivity index (χ0) is 17.6. The van der Waals surface area contributed by atoms with Crippen molar-refractivity contribution in [3.63, 3.8) is 0 Å². The van der Waals surface area contributed by atoms with Crippen LogP contribution >= 0.6 is 22.9 Å². The minimum atomic E-state index is -3.70. The normalized spacial score (nSPS) is 14.5. The Bertz CT molecular complexity index is 735. The van der Waals surface area contributed by atoms with Crippen LogP contribution in [0.2, 0.25) is 4.34 Å². The molecule has 2 atom stereocenters. The van der Waals surface area contributed by atoms with E-state index in [9.17, 15) is 13.5 Å². The number of halogens is 1. The minimum absolute atomic E-state index is 0.142. The van der Waals surface area contributed by atoms with Gasteiger partial charge in [0.25, 0.3) is 0 Å². The second kappa shape index (κ2) is 8.94. The van der Waals surface area contributed by atoms with E-state index >= 15 is 0 Å². The lowest BCUT2D eigenvalue weighted by atomic mass is 10.1. The quantitative estimate of drug-likeness (QED) is 0.617. The molecule has 0 amide bonds. The molecular formula is C16H21ClN2O3S2. The van der Waals surface area contributed by atoms with Gasteiger partial charge in [0, 0.05) is 12.6 Å². The fraction of sp³-hybridized carbons (Fsp3) is 0.375. The average Bonchev–Trinajstić information content (AvgIpc) is 3.02. The molecular weight excluding hydrogens is 368 g/mol. The van der Waals surface area contributed by atoms with E-state index in [0.717, 1.165) is 16.9 Å². The third kappa shape index (κ3) is 5.27. The third-order valence-corrected chi connectivity index (χ3v) is 6.87. The molecule has 0 fully saturated rings. The number of aliphatic hydroxyl groups excluding tert-OH is 1. The Kier molecular flexibility index (Phi) is 7.21. The Hall–Kier alpha value is -0.960. The summed E-state index contributed by atoms with van der Waals surface area (Å²) in [4.78, 5) is 0. The molecule has 8 heteroatoms. The molecule has 0 aliphatic heterocycles. The SMILES string of the molecule is CCC(NCc1ccccc1)C(CO)NS(=O)(=O)c1ccc(Cl)s1. The predicted octanol–water partition coefficient (Wildman–Crippen LogP) is 2.61. The lowest BCUT2D eigenvalue weighted by Crippen LogP contribution is -2.51. The molecule has 1 aromatic carbocycles. The molecule has 0 spiro atoms. The summed E-state index contributed by atoms with van der Waals surface area (Å²) < 4.78 is 27.9. The molecule has 2 rings (SSSR count). The zero-order valence-corrected chi connectivity index (χ0v) is 15.7. The lowest BCUT2D eigenvalue weighted by Gasteiger charge is -2.26. The van der Waals surface area contributed by atoms with E-state index in [0.29, 0.717) is 17.3 Å². The summed E-state index contributed by atoms with van der Waals surface area (Å²) in [6, 6.07) is 12.0. The number of thiophene rings is 1. The number of hydrogen-bond donors (Lipinski definition) is 3. The Morgan fingerprint density at radius 2 is 1.88 bits per heavy atom. The monoisotopic (exact) mass is 388 g/mol. The predicted molar refractivity (Wildman–Crippen MR) is 97.9 cm³/mol. The molecule has 0 bridgehead atoms. The van der Waals surface area contributed by atoms with E-state index in [2.05, 4.69) is 10.0 Å². The van der Waals surface area contributed by atoms with Crippen molar-refractivity contribution in [3.05, 3.63) is 52.4 Å². The summed E-state index contributed by atoms with van der Waals surface area (Å²) in [5.74, 6) is 0. The molecule has 0 saturated heterocycles. The topological polar surface area (TPSA) is 78.4 Å². The first-order valence-electron chi connectivity index (χ1n) is 7.62. The average molecular weight is 389 g/mol. The van der Waals surface area contributed by atoms with Crippen LogP contribution in [0.3, 0.4) is 0 Å². The van der Waals surface area contributed by atoms with Gasteiger partial charge in [0.2, 0.25) is 10.0 Å². The summed E-state index contributed by atoms with van der Waals surface area (Å²) in [6.07, 6.45) is 0.672. The molecule has 2 unspecified atom stereocenters. The van der Waals surface area contributed by atoms with Gasteiger partial charge in [-0.05, 0) is 24.1 Å². The second-order valence-electron chi connectivity index (χ2n) is 5.35. The number of aliphatic hydroxyl groups is 1. The summed E-state index contributed by atoms with van der Waals surface area (Å²) in [6.45, 7) is 2.25. The van der Waals surface area contributed by atoms with Gasteiger partial charge in [-0.15, -0.1) is 11.3 Å². The highest BCUT2D eigenvalue weighted by Gasteiger charge is 2.26. The van der Waals surface area contributed by atoms with E-state index in [4.69, 9.17) is 11.6 Å². The maximum atomic E-state index is 12.4. The van der Waals surface area contributed by atoms with Crippen molar-refractivity contribution in [3.8, 4) is 0 Å². The Labute approximate surface area is 151 Å². The van der Waals surface area contributed by atoms with Crippen LogP contribution in [0.25, 0.3) is 0 Å². The Morgan fingerprint density at radius 3 is 2.42 bits per heavy atom. The van der Waals surface area contributed by atoms with Crippen LogP contribution in [0.1, 0.15) is 18.9 Å². The van der Waals surface area contributed by atoms with E-state index in [1.54, 1.807) is 6.07 Å². The first-order valence-corrected chi connectivity index (χ1v) is 10.3. The fourth-order valence-corrected chi connectivity index (χ4v) is 5.13. The van der Waals surface area contributed by atoms with Gasteiger partial charge < -0.3 is 10.4 Å². The molecule has 132 valence electrons. The molecule has 0 radical (unpaired) electrons. The zero-order valence-electron chi connectivity index (χ0n) is 13.3. The molecule has 24 heavy (non-hydrogen) atoms. The second-order valence-corrected chi connectivity index (χ2v) is 9.01. The van der Waals surface area contributed by atoms with Crippen molar-refractivity contribution >= 4 is 33.0 Å². The van der Waals surface area contributed by atoms with Crippen LogP contribution in [0.4, 0.5) is 0 Å². The van der Waals surface area contributed by atoms with Crippen LogP contribution in [0, 0.1) is 0 Å². The van der Waals surface area contributed by atoms with Crippen molar-refractivity contribution in [2.45, 2.75) is 36.2 Å². The summed E-state index contributed by atoms with van der Waals surface area (Å²) in [5.41, 5.74) is 1.10. The molecule has 2 aromatic rings. The van der Waals surface area contributed by atoms with Crippen LogP contribution in [-0.2, 0) is 16.6 Å². The molecule has 0 aliphatic rings. The smallest absolute Gasteiger partial charge is 0.250 e. The number of rotatable bonds is 9. The van der Waals surface area contributed by atoms with Crippen molar-refractivity contribution in [1.29, 1.82) is 0 Å². The maximum absolute atomic E-state index is 12.4.